The number of hydrogen-bond acceptors (Lipinski definition) is 0. The van der Waals surface area contributed by atoms with Gasteiger partial charge in [-0.3, -0.25) is 0 Å². The second-order valence-corrected chi connectivity index (χ2v) is 3.97. The minimum atomic E-state index is -0.0249. The zero-order valence-corrected chi connectivity index (χ0v) is 7.53. The van der Waals surface area contributed by atoms with Gasteiger partial charge in [-0.1, -0.05) is 34.6 Å². The highest BCUT2D eigenvalue weighted by Gasteiger charge is 2.19. The molecule has 0 N–H and O–H groups in total. The van der Waals surface area contributed by atoms with Crippen LogP contribution < -0.4 is 0 Å². The molecular formula is C9H17F. The van der Waals surface area contributed by atoms with Crippen LogP contribution in [0.2, 0.25) is 0 Å². The Hall–Kier alpha value is -0.330. The summed E-state index contributed by atoms with van der Waals surface area (Å²) in [5.41, 5.74) is 0.857. The third kappa shape index (κ3) is 2.51. The first-order valence-electron chi connectivity index (χ1n) is 3.70. The molecule has 0 heterocycles. The first-order valence-corrected chi connectivity index (χ1v) is 3.70. The van der Waals surface area contributed by atoms with Gasteiger partial charge in [-0.05, 0) is 16.9 Å². The Morgan fingerprint density at radius 2 is 1.70 bits per heavy atom. The molecule has 0 bridgehead atoms. The lowest BCUT2D eigenvalue weighted by Crippen LogP contribution is -2.13. The molecule has 60 valence electrons. The van der Waals surface area contributed by atoms with Crippen molar-refractivity contribution in [2.24, 2.45) is 11.3 Å². The highest BCUT2D eigenvalue weighted by atomic mass is 19.1. The van der Waals surface area contributed by atoms with Crippen LogP contribution in [0.1, 0.15) is 34.6 Å². The Kier molecular flexibility index (Phi) is 3.07. The van der Waals surface area contributed by atoms with Crippen molar-refractivity contribution in [1.82, 2.24) is 0 Å². The van der Waals surface area contributed by atoms with E-state index >= 15 is 0 Å². The van der Waals surface area contributed by atoms with E-state index in [0.29, 0.717) is 5.92 Å². The summed E-state index contributed by atoms with van der Waals surface area (Å²) in [4.78, 5) is 0. The van der Waals surface area contributed by atoms with Crippen molar-refractivity contribution in [1.29, 1.82) is 0 Å². The van der Waals surface area contributed by atoms with Crippen LogP contribution in [0.15, 0.2) is 11.9 Å². The second-order valence-electron chi connectivity index (χ2n) is 3.97. The second kappa shape index (κ2) is 3.18. The lowest BCUT2D eigenvalue weighted by molar-refractivity contribution is 0.433. The van der Waals surface area contributed by atoms with E-state index in [1.807, 2.05) is 34.6 Å². The Labute approximate surface area is 63.1 Å². The van der Waals surface area contributed by atoms with Crippen LogP contribution in [0.3, 0.4) is 0 Å². The molecule has 0 aliphatic carbocycles. The van der Waals surface area contributed by atoms with Crippen molar-refractivity contribution >= 4 is 0 Å². The maximum absolute atomic E-state index is 12.2. The van der Waals surface area contributed by atoms with Gasteiger partial charge in [-0.15, -0.1) is 0 Å². The van der Waals surface area contributed by atoms with E-state index in [4.69, 9.17) is 0 Å². The summed E-state index contributed by atoms with van der Waals surface area (Å²) in [6.45, 7) is 10.1. The smallest absolute Gasteiger partial charge is 0.0866 e. The maximum Gasteiger partial charge on any atom is 0.0866 e. The number of halogens is 1. The quantitative estimate of drug-likeness (QED) is 0.528. The molecule has 1 heteroatoms. The van der Waals surface area contributed by atoms with Crippen molar-refractivity contribution in [3.05, 3.63) is 11.9 Å². The molecule has 0 aromatic carbocycles. The molecule has 0 aliphatic heterocycles. The van der Waals surface area contributed by atoms with Crippen molar-refractivity contribution < 1.29 is 4.39 Å². The standard InChI is InChI=1S/C9H17F/c1-7(2)8(6-10)9(3,4)5/h6-7H,1-5H3. The Morgan fingerprint density at radius 1 is 1.30 bits per heavy atom. The van der Waals surface area contributed by atoms with Gasteiger partial charge in [-0.25, -0.2) is 4.39 Å². The lowest BCUT2D eigenvalue weighted by atomic mass is 9.81. The maximum atomic E-state index is 12.2. The van der Waals surface area contributed by atoms with Gasteiger partial charge in [0.05, 0.1) is 6.33 Å². The van der Waals surface area contributed by atoms with Crippen LogP contribution in [0.4, 0.5) is 4.39 Å². The molecule has 0 radical (unpaired) electrons. The van der Waals surface area contributed by atoms with Gasteiger partial charge >= 0.3 is 0 Å². The first-order chi connectivity index (χ1) is 4.39. The lowest BCUT2D eigenvalue weighted by Gasteiger charge is -2.24. The third-order valence-electron chi connectivity index (χ3n) is 1.61. The third-order valence-corrected chi connectivity index (χ3v) is 1.61. The highest BCUT2D eigenvalue weighted by molar-refractivity contribution is 5.09. The molecule has 0 saturated heterocycles. The minimum absolute atomic E-state index is 0.0249. The van der Waals surface area contributed by atoms with E-state index in [2.05, 4.69) is 0 Å². The number of allylic oxidation sites excluding steroid dienone is 1. The van der Waals surface area contributed by atoms with Crippen LogP contribution in [0.25, 0.3) is 0 Å². The average molecular weight is 144 g/mol. The summed E-state index contributed by atoms with van der Waals surface area (Å²) in [5.74, 6) is 0.310. The van der Waals surface area contributed by atoms with E-state index in [-0.39, 0.29) is 5.41 Å². The molecular weight excluding hydrogens is 127 g/mol. The molecule has 0 saturated carbocycles. The van der Waals surface area contributed by atoms with Crippen molar-refractivity contribution in [2.45, 2.75) is 34.6 Å². The fourth-order valence-corrected chi connectivity index (χ4v) is 1.16. The zero-order valence-electron chi connectivity index (χ0n) is 7.53. The van der Waals surface area contributed by atoms with Gasteiger partial charge in [0.15, 0.2) is 0 Å². The van der Waals surface area contributed by atoms with Crippen molar-refractivity contribution in [3.8, 4) is 0 Å². The summed E-state index contributed by atoms with van der Waals surface area (Å²) in [7, 11) is 0. The predicted octanol–water partition coefficient (Wildman–Crippen LogP) is 3.54. The van der Waals surface area contributed by atoms with E-state index < -0.39 is 0 Å². The van der Waals surface area contributed by atoms with Gasteiger partial charge in [-0.2, -0.15) is 0 Å². The molecule has 0 nitrogen and oxygen atoms in total. The van der Waals surface area contributed by atoms with Crippen LogP contribution in [0.5, 0.6) is 0 Å². The van der Waals surface area contributed by atoms with E-state index in [9.17, 15) is 4.39 Å². The van der Waals surface area contributed by atoms with E-state index in [1.165, 1.54) is 0 Å². The average Bonchev–Trinajstić information content (AvgIpc) is 1.60. The molecule has 0 fully saturated rings. The number of rotatable bonds is 1. The van der Waals surface area contributed by atoms with E-state index in [0.717, 1.165) is 11.9 Å². The Balaban J connectivity index is 4.40. The van der Waals surface area contributed by atoms with Crippen LogP contribution in [-0.4, -0.2) is 0 Å². The number of hydrogen-bond donors (Lipinski definition) is 0. The fourth-order valence-electron chi connectivity index (χ4n) is 1.16. The monoisotopic (exact) mass is 144 g/mol. The molecule has 0 aliphatic rings. The van der Waals surface area contributed by atoms with Crippen LogP contribution in [0, 0.1) is 11.3 Å². The molecule has 0 spiro atoms. The summed E-state index contributed by atoms with van der Waals surface area (Å²) >= 11 is 0. The van der Waals surface area contributed by atoms with E-state index in [1.54, 1.807) is 0 Å². The molecule has 0 atom stereocenters. The molecule has 0 aromatic rings. The van der Waals surface area contributed by atoms with Gasteiger partial charge in [0.1, 0.15) is 0 Å². The summed E-state index contributed by atoms with van der Waals surface area (Å²) in [5, 5.41) is 0. The normalized spacial score (nSPS) is 14.5. The van der Waals surface area contributed by atoms with Crippen LogP contribution >= 0.6 is 0 Å². The summed E-state index contributed by atoms with van der Waals surface area (Å²) in [6, 6.07) is 0. The Bertz CT molecular complexity index is 126. The topological polar surface area (TPSA) is 0 Å². The van der Waals surface area contributed by atoms with Crippen molar-refractivity contribution in [2.75, 3.05) is 0 Å². The largest absolute Gasteiger partial charge is 0.216 e. The Morgan fingerprint density at radius 3 is 1.70 bits per heavy atom. The molecule has 0 rings (SSSR count). The zero-order chi connectivity index (χ0) is 8.36. The van der Waals surface area contributed by atoms with Gasteiger partial charge < -0.3 is 0 Å². The molecule has 0 amide bonds. The van der Waals surface area contributed by atoms with Gasteiger partial charge in [0.2, 0.25) is 0 Å². The fraction of sp³-hybridized carbons (Fsp3) is 0.778. The van der Waals surface area contributed by atoms with Gasteiger partial charge in [0, 0.05) is 0 Å². The highest BCUT2D eigenvalue weighted by Crippen LogP contribution is 2.30. The molecule has 0 aromatic heterocycles. The molecule has 10 heavy (non-hydrogen) atoms. The van der Waals surface area contributed by atoms with Crippen LogP contribution in [-0.2, 0) is 0 Å². The van der Waals surface area contributed by atoms with Crippen molar-refractivity contribution in [3.63, 3.8) is 0 Å². The SMILES string of the molecule is CC(C)C(=CF)C(C)(C)C. The van der Waals surface area contributed by atoms with Gasteiger partial charge in [0.25, 0.3) is 0 Å². The minimum Gasteiger partial charge on any atom is -0.216 e. The predicted molar refractivity (Wildman–Crippen MR) is 43.5 cm³/mol. The summed E-state index contributed by atoms with van der Waals surface area (Å²) < 4.78 is 12.2. The summed E-state index contributed by atoms with van der Waals surface area (Å²) in [6.07, 6.45) is 0.741. The molecule has 0 unspecified atom stereocenters. The first kappa shape index (κ1) is 9.67.